The highest BCUT2D eigenvalue weighted by atomic mass is 16.6. The minimum atomic E-state index is -0.983. The van der Waals surface area contributed by atoms with Crippen LogP contribution >= 0.6 is 0 Å². The molecule has 0 aliphatic carbocycles. The van der Waals surface area contributed by atoms with E-state index in [9.17, 15) is 9.59 Å². The van der Waals surface area contributed by atoms with Gasteiger partial charge in [-0.15, -0.1) is 0 Å². The first-order valence-electron chi connectivity index (χ1n) is 11.4. The third-order valence-electron chi connectivity index (χ3n) is 5.39. The number of hydrogen-bond donors (Lipinski definition) is 0. The first-order valence-corrected chi connectivity index (χ1v) is 11.4. The normalized spacial score (nSPS) is 15.5. The summed E-state index contributed by atoms with van der Waals surface area (Å²) in [6.45, 7) is 6.73. The van der Waals surface area contributed by atoms with Gasteiger partial charge in [-0.25, -0.2) is 14.7 Å². The Kier molecular flexibility index (Phi) is 7.15. The van der Waals surface area contributed by atoms with Gasteiger partial charge in [0.1, 0.15) is 18.1 Å². The van der Waals surface area contributed by atoms with Crippen molar-refractivity contribution >= 4 is 12.0 Å². The average Bonchev–Trinajstić information content (AvgIpc) is 3.36. The molecule has 0 spiro atoms. The highest BCUT2D eigenvalue weighted by Gasteiger charge is 2.41. The molecule has 8 heteroatoms. The summed E-state index contributed by atoms with van der Waals surface area (Å²) in [5, 5.41) is 0. The standard InChI is InChI=1S/C26H28N2O6/c1-4-13-28-25(29)23(34-26(28)30)19-11-12-21(22(15-19)31-14-5-2)32-16-20-17(3)33-24(27-20)18-9-7-6-8-10-18/h6-12,15,23H,4-5,13-14,16H2,1-3H3. The monoisotopic (exact) mass is 464 g/mol. The second kappa shape index (κ2) is 10.4. The van der Waals surface area contributed by atoms with E-state index in [4.69, 9.17) is 18.6 Å². The molecular formula is C26H28N2O6. The topological polar surface area (TPSA) is 91.1 Å². The lowest BCUT2D eigenvalue weighted by atomic mass is 10.1. The van der Waals surface area contributed by atoms with Gasteiger partial charge in [-0.2, -0.15) is 0 Å². The summed E-state index contributed by atoms with van der Waals surface area (Å²) in [6, 6.07) is 14.8. The van der Waals surface area contributed by atoms with E-state index < -0.39 is 12.2 Å². The molecule has 0 bridgehead atoms. The highest BCUT2D eigenvalue weighted by molar-refractivity contribution is 6.00. The molecule has 0 saturated carbocycles. The molecule has 1 unspecified atom stereocenters. The molecule has 1 aromatic heterocycles. The lowest BCUT2D eigenvalue weighted by molar-refractivity contribution is -0.129. The van der Waals surface area contributed by atoms with Crippen molar-refractivity contribution in [3.8, 4) is 23.0 Å². The number of benzene rings is 2. The maximum atomic E-state index is 12.7. The number of imide groups is 1. The zero-order chi connectivity index (χ0) is 24.1. The van der Waals surface area contributed by atoms with E-state index in [-0.39, 0.29) is 12.5 Å². The van der Waals surface area contributed by atoms with Crippen LogP contribution in [0.3, 0.4) is 0 Å². The summed E-state index contributed by atoms with van der Waals surface area (Å²) < 4.78 is 23.0. The van der Waals surface area contributed by atoms with Crippen LogP contribution in [0.15, 0.2) is 52.9 Å². The van der Waals surface area contributed by atoms with Gasteiger partial charge in [-0.05, 0) is 44.0 Å². The van der Waals surface area contributed by atoms with E-state index in [0.29, 0.717) is 54.0 Å². The third kappa shape index (κ3) is 4.90. The fraction of sp³-hybridized carbons (Fsp3) is 0.346. The number of aryl methyl sites for hydroxylation is 1. The number of hydrogen-bond acceptors (Lipinski definition) is 7. The van der Waals surface area contributed by atoms with Crippen LogP contribution in [0.1, 0.15) is 49.8 Å². The zero-order valence-electron chi connectivity index (χ0n) is 19.6. The largest absolute Gasteiger partial charge is 0.490 e. The Morgan fingerprint density at radius 1 is 1.00 bits per heavy atom. The lowest BCUT2D eigenvalue weighted by Gasteiger charge is -2.15. The first kappa shape index (κ1) is 23.4. The fourth-order valence-electron chi connectivity index (χ4n) is 3.63. The van der Waals surface area contributed by atoms with Crippen LogP contribution in [0.2, 0.25) is 0 Å². The van der Waals surface area contributed by atoms with Gasteiger partial charge in [0.2, 0.25) is 12.0 Å². The van der Waals surface area contributed by atoms with Crippen LogP contribution in [0.25, 0.3) is 11.5 Å². The SMILES string of the molecule is CCCOc1cc(C2OC(=O)N(CCC)C2=O)ccc1OCc1nc(-c2ccccc2)oc1C. The van der Waals surface area contributed by atoms with E-state index in [1.165, 1.54) is 0 Å². The summed E-state index contributed by atoms with van der Waals surface area (Å²) in [5.41, 5.74) is 2.11. The highest BCUT2D eigenvalue weighted by Crippen LogP contribution is 2.35. The Bertz CT molecular complexity index is 1160. The molecule has 4 rings (SSSR count). The van der Waals surface area contributed by atoms with Gasteiger partial charge in [-0.1, -0.05) is 38.1 Å². The van der Waals surface area contributed by atoms with Crippen LogP contribution in [-0.2, 0) is 16.1 Å². The van der Waals surface area contributed by atoms with Gasteiger partial charge in [0.15, 0.2) is 11.5 Å². The van der Waals surface area contributed by atoms with E-state index in [2.05, 4.69) is 4.98 Å². The average molecular weight is 465 g/mol. The predicted molar refractivity (Wildman–Crippen MR) is 124 cm³/mol. The number of oxazole rings is 1. The Hall–Kier alpha value is -3.81. The molecule has 2 heterocycles. The van der Waals surface area contributed by atoms with Gasteiger partial charge < -0.3 is 18.6 Å². The van der Waals surface area contributed by atoms with Gasteiger partial charge in [0, 0.05) is 17.7 Å². The molecule has 34 heavy (non-hydrogen) atoms. The molecule has 8 nitrogen and oxygen atoms in total. The number of ether oxygens (including phenoxy) is 3. The second-order valence-corrected chi connectivity index (χ2v) is 7.98. The maximum absolute atomic E-state index is 12.7. The smallest absolute Gasteiger partial charge is 0.417 e. The third-order valence-corrected chi connectivity index (χ3v) is 5.39. The molecule has 1 fully saturated rings. The number of carbonyl (C=O) groups excluding carboxylic acids is 2. The summed E-state index contributed by atoms with van der Waals surface area (Å²) in [4.78, 5) is 30.5. The molecule has 0 radical (unpaired) electrons. The molecule has 178 valence electrons. The summed E-state index contributed by atoms with van der Waals surface area (Å²) in [7, 11) is 0. The predicted octanol–water partition coefficient (Wildman–Crippen LogP) is 5.45. The van der Waals surface area contributed by atoms with Crippen molar-refractivity contribution in [2.24, 2.45) is 0 Å². The van der Waals surface area contributed by atoms with Crippen LogP contribution in [0, 0.1) is 6.92 Å². The van der Waals surface area contributed by atoms with E-state index in [1.54, 1.807) is 18.2 Å². The number of carbonyl (C=O) groups is 2. The second-order valence-electron chi connectivity index (χ2n) is 7.98. The summed E-state index contributed by atoms with van der Waals surface area (Å²) >= 11 is 0. The van der Waals surface area contributed by atoms with Crippen molar-refractivity contribution in [2.75, 3.05) is 13.2 Å². The zero-order valence-corrected chi connectivity index (χ0v) is 19.6. The van der Waals surface area contributed by atoms with Crippen molar-refractivity contribution in [3.05, 3.63) is 65.5 Å². The molecule has 1 saturated heterocycles. The number of rotatable bonds is 10. The van der Waals surface area contributed by atoms with E-state index >= 15 is 0 Å². The van der Waals surface area contributed by atoms with Crippen molar-refractivity contribution in [1.82, 2.24) is 9.88 Å². The van der Waals surface area contributed by atoms with Crippen LogP contribution in [0.5, 0.6) is 11.5 Å². The van der Waals surface area contributed by atoms with Crippen LogP contribution in [-0.4, -0.2) is 35.0 Å². The molecule has 1 atom stereocenters. The Morgan fingerprint density at radius 3 is 2.53 bits per heavy atom. The number of amides is 2. The number of nitrogens with zero attached hydrogens (tertiary/aromatic N) is 2. The Morgan fingerprint density at radius 2 is 1.79 bits per heavy atom. The minimum absolute atomic E-state index is 0.186. The maximum Gasteiger partial charge on any atom is 0.417 e. The summed E-state index contributed by atoms with van der Waals surface area (Å²) in [6.07, 6.45) is -0.139. The lowest BCUT2D eigenvalue weighted by Crippen LogP contribution is -2.30. The molecule has 2 aromatic carbocycles. The fourth-order valence-corrected chi connectivity index (χ4v) is 3.63. The molecule has 1 aliphatic rings. The Labute approximate surface area is 198 Å². The van der Waals surface area contributed by atoms with Gasteiger partial charge >= 0.3 is 6.09 Å². The molecular weight excluding hydrogens is 436 g/mol. The summed E-state index contributed by atoms with van der Waals surface area (Å²) in [5.74, 6) is 1.82. The molecule has 1 aliphatic heterocycles. The first-order chi connectivity index (χ1) is 16.5. The van der Waals surface area contributed by atoms with Crippen molar-refractivity contribution in [2.45, 2.75) is 46.3 Å². The quantitative estimate of drug-likeness (QED) is 0.394. The molecule has 3 aromatic rings. The van der Waals surface area contributed by atoms with Gasteiger partial charge in [0.25, 0.3) is 5.91 Å². The van der Waals surface area contributed by atoms with Crippen molar-refractivity contribution in [1.29, 1.82) is 0 Å². The number of cyclic esters (lactones) is 1. The van der Waals surface area contributed by atoms with Crippen molar-refractivity contribution < 1.29 is 28.2 Å². The Balaban J connectivity index is 1.53. The van der Waals surface area contributed by atoms with Gasteiger partial charge in [-0.3, -0.25) is 4.79 Å². The van der Waals surface area contributed by atoms with Crippen LogP contribution in [0.4, 0.5) is 4.79 Å². The van der Waals surface area contributed by atoms with E-state index in [1.807, 2.05) is 51.1 Å². The molecule has 2 amide bonds. The minimum Gasteiger partial charge on any atom is -0.490 e. The number of aromatic nitrogens is 1. The van der Waals surface area contributed by atoms with E-state index in [0.717, 1.165) is 16.9 Å². The molecule has 0 N–H and O–H groups in total. The van der Waals surface area contributed by atoms with Crippen LogP contribution < -0.4 is 9.47 Å². The van der Waals surface area contributed by atoms with Crippen molar-refractivity contribution in [3.63, 3.8) is 0 Å². The van der Waals surface area contributed by atoms with Gasteiger partial charge in [0.05, 0.1) is 6.61 Å².